The molecule has 1 unspecified atom stereocenters. The highest BCUT2D eigenvalue weighted by atomic mass is 16.5. The molecule has 1 saturated carbocycles. The summed E-state index contributed by atoms with van der Waals surface area (Å²) in [5.41, 5.74) is 5.97. The third-order valence-corrected chi connectivity index (χ3v) is 8.66. The third kappa shape index (κ3) is 5.53. The third-order valence-electron chi connectivity index (χ3n) is 8.66. The molecule has 1 saturated heterocycles. The first-order valence-corrected chi connectivity index (χ1v) is 15.2. The summed E-state index contributed by atoms with van der Waals surface area (Å²) < 4.78 is 5.68. The van der Waals surface area contributed by atoms with Gasteiger partial charge in [0.2, 0.25) is 5.91 Å². The average molecular weight is 565 g/mol. The van der Waals surface area contributed by atoms with E-state index in [1.807, 2.05) is 85.7 Å². The molecule has 2 fully saturated rings. The van der Waals surface area contributed by atoms with E-state index in [1.165, 1.54) is 6.42 Å². The van der Waals surface area contributed by atoms with Crippen molar-refractivity contribution in [2.45, 2.75) is 44.2 Å². The monoisotopic (exact) mass is 564 g/mol. The molecule has 1 aliphatic carbocycles. The van der Waals surface area contributed by atoms with Gasteiger partial charge in [-0.05, 0) is 42.2 Å². The van der Waals surface area contributed by atoms with Crippen LogP contribution < -0.4 is 15.1 Å². The molecule has 3 aromatic carbocycles. The summed E-state index contributed by atoms with van der Waals surface area (Å²) >= 11 is 0. The minimum Gasteiger partial charge on any atom is -0.378 e. The van der Waals surface area contributed by atoms with Crippen LogP contribution in [-0.4, -0.2) is 63.2 Å². The summed E-state index contributed by atoms with van der Waals surface area (Å²) in [7, 11) is 3.99. The van der Waals surface area contributed by atoms with Crippen LogP contribution >= 0.6 is 0 Å². The summed E-state index contributed by atoms with van der Waals surface area (Å²) in [6.07, 6.45) is 5.39. The topological polar surface area (TPSA) is 65.1 Å². The fourth-order valence-corrected chi connectivity index (χ4v) is 6.49. The van der Waals surface area contributed by atoms with E-state index in [4.69, 9.17) is 4.74 Å². The minimum absolute atomic E-state index is 0.128. The maximum Gasteiger partial charge on any atom is 0.262 e. The van der Waals surface area contributed by atoms with Crippen LogP contribution in [0.15, 0.2) is 78.9 Å². The first-order chi connectivity index (χ1) is 20.5. The lowest BCUT2D eigenvalue weighted by Crippen LogP contribution is -2.46. The first kappa shape index (κ1) is 28.0. The number of carbonyl (C=O) groups is 2. The van der Waals surface area contributed by atoms with E-state index < -0.39 is 6.04 Å². The normalized spacial score (nSPS) is 19.3. The van der Waals surface area contributed by atoms with E-state index in [0.717, 1.165) is 59.4 Å². The number of hydrogen-bond acceptors (Lipinski definition) is 5. The van der Waals surface area contributed by atoms with Gasteiger partial charge >= 0.3 is 0 Å². The van der Waals surface area contributed by atoms with Crippen LogP contribution in [0.2, 0.25) is 0 Å². The number of nitrogens with one attached hydrogen (secondary N) is 1. The van der Waals surface area contributed by atoms with Crippen molar-refractivity contribution in [2.75, 3.05) is 50.2 Å². The number of anilines is 2. The molecule has 0 aromatic heterocycles. The molecule has 0 bridgehead atoms. The number of amides is 2. The molecular formula is C35H40N4O3. The van der Waals surface area contributed by atoms with E-state index in [1.54, 1.807) is 4.90 Å². The van der Waals surface area contributed by atoms with Crippen molar-refractivity contribution in [3.05, 3.63) is 95.6 Å². The van der Waals surface area contributed by atoms with Gasteiger partial charge in [0.05, 0.1) is 30.2 Å². The first-order valence-electron chi connectivity index (χ1n) is 15.2. The zero-order chi connectivity index (χ0) is 29.1. The van der Waals surface area contributed by atoms with Crippen LogP contribution in [0, 0.1) is 0 Å². The average Bonchev–Trinajstić information content (AvgIpc) is 3.30. The summed E-state index contributed by atoms with van der Waals surface area (Å²) in [6.45, 7) is 2.60. The van der Waals surface area contributed by atoms with E-state index in [0.29, 0.717) is 31.9 Å². The molecular weight excluding hydrogens is 524 g/mol. The van der Waals surface area contributed by atoms with E-state index in [-0.39, 0.29) is 17.9 Å². The second kappa shape index (κ2) is 12.4. The zero-order valence-corrected chi connectivity index (χ0v) is 24.6. The Kier molecular flexibility index (Phi) is 8.29. The van der Waals surface area contributed by atoms with Gasteiger partial charge in [0.25, 0.3) is 5.91 Å². The highest BCUT2D eigenvalue weighted by Crippen LogP contribution is 2.46. The van der Waals surface area contributed by atoms with Crippen molar-refractivity contribution >= 4 is 34.5 Å². The second-order valence-corrected chi connectivity index (χ2v) is 11.6. The molecule has 6 rings (SSSR count). The van der Waals surface area contributed by atoms with Gasteiger partial charge in [-0.3, -0.25) is 14.5 Å². The number of benzene rings is 3. The molecule has 1 N–H and O–H groups in total. The van der Waals surface area contributed by atoms with Crippen molar-refractivity contribution in [1.29, 1.82) is 0 Å². The van der Waals surface area contributed by atoms with Gasteiger partial charge in [-0.2, -0.15) is 0 Å². The molecule has 3 aromatic rings. The zero-order valence-electron chi connectivity index (χ0n) is 24.6. The smallest absolute Gasteiger partial charge is 0.262 e. The lowest BCUT2D eigenvalue weighted by molar-refractivity contribution is -0.125. The van der Waals surface area contributed by atoms with Gasteiger partial charge in [0.1, 0.15) is 6.04 Å². The summed E-state index contributed by atoms with van der Waals surface area (Å²) in [5, 5.41) is 3.34. The Morgan fingerprint density at radius 2 is 1.55 bits per heavy atom. The predicted molar refractivity (Wildman–Crippen MR) is 168 cm³/mol. The van der Waals surface area contributed by atoms with Crippen LogP contribution in [0.25, 0.3) is 11.3 Å². The largest absolute Gasteiger partial charge is 0.378 e. The Hall–Kier alpha value is -4.10. The molecule has 7 heteroatoms. The quantitative estimate of drug-likeness (QED) is 0.385. The van der Waals surface area contributed by atoms with Gasteiger partial charge in [0, 0.05) is 44.5 Å². The molecule has 2 amide bonds. The lowest BCUT2D eigenvalue weighted by Gasteiger charge is -2.33. The highest BCUT2D eigenvalue weighted by Gasteiger charge is 2.43. The van der Waals surface area contributed by atoms with Crippen LogP contribution in [0.4, 0.5) is 11.4 Å². The van der Waals surface area contributed by atoms with Crippen LogP contribution in [0.3, 0.4) is 0 Å². The van der Waals surface area contributed by atoms with Gasteiger partial charge in [0.15, 0.2) is 0 Å². The number of ether oxygens (including phenoxy) is 1. The van der Waals surface area contributed by atoms with Gasteiger partial charge < -0.3 is 19.9 Å². The lowest BCUT2D eigenvalue weighted by atomic mass is 9.94. The number of para-hydroxylation sites is 1. The van der Waals surface area contributed by atoms with Gasteiger partial charge in [-0.1, -0.05) is 79.9 Å². The predicted octanol–water partition coefficient (Wildman–Crippen LogP) is 5.49. The number of fused-ring (bicyclic) bond motifs is 1. The maximum atomic E-state index is 14.8. The van der Waals surface area contributed by atoms with E-state index in [2.05, 4.69) is 22.3 Å². The molecule has 7 nitrogen and oxygen atoms in total. The molecule has 1 atom stereocenters. The van der Waals surface area contributed by atoms with E-state index in [9.17, 15) is 9.59 Å². The van der Waals surface area contributed by atoms with Crippen molar-refractivity contribution in [2.24, 2.45) is 0 Å². The standard InChI is InChI=1S/C35H40N4O3/c1-37(2)28-19-17-26(18-20-28)33(34(40)36-27-13-7-4-8-14-27)39-30-16-10-9-15-29(30)31(35(39)41)32(25-11-5-3-6-12-25)38-21-23-42-24-22-38/h3,5-6,9-12,15-20,27,33H,4,7-8,13-14,21-24H2,1-2H3,(H,36,40)/b32-31-. The molecule has 0 spiro atoms. The van der Waals surface area contributed by atoms with Gasteiger partial charge in [-0.15, -0.1) is 0 Å². The summed E-state index contributed by atoms with van der Waals surface area (Å²) in [4.78, 5) is 35.1. The Balaban J connectivity index is 1.49. The van der Waals surface area contributed by atoms with E-state index >= 15 is 0 Å². The number of nitrogens with zero attached hydrogens (tertiary/aromatic N) is 3. The summed E-state index contributed by atoms with van der Waals surface area (Å²) in [6, 6.07) is 25.4. The number of rotatable bonds is 7. The Bertz CT molecular complexity index is 1440. The van der Waals surface area contributed by atoms with Crippen molar-refractivity contribution in [1.82, 2.24) is 10.2 Å². The van der Waals surface area contributed by atoms with Gasteiger partial charge in [-0.25, -0.2) is 0 Å². The fourth-order valence-electron chi connectivity index (χ4n) is 6.49. The number of morpholine rings is 1. The number of carbonyl (C=O) groups excluding carboxylic acids is 2. The van der Waals surface area contributed by atoms with Crippen LogP contribution in [-0.2, 0) is 14.3 Å². The molecule has 0 radical (unpaired) electrons. The van der Waals surface area contributed by atoms with Crippen molar-refractivity contribution in [3.8, 4) is 0 Å². The minimum atomic E-state index is -0.795. The highest BCUT2D eigenvalue weighted by molar-refractivity contribution is 6.38. The molecule has 2 aliphatic heterocycles. The summed E-state index contributed by atoms with van der Waals surface area (Å²) in [5.74, 6) is -0.279. The van der Waals surface area contributed by atoms with Crippen molar-refractivity contribution < 1.29 is 14.3 Å². The second-order valence-electron chi connectivity index (χ2n) is 11.6. The Morgan fingerprint density at radius 3 is 2.24 bits per heavy atom. The molecule has 2 heterocycles. The van der Waals surface area contributed by atoms with Crippen LogP contribution in [0.1, 0.15) is 54.8 Å². The van der Waals surface area contributed by atoms with Crippen molar-refractivity contribution in [3.63, 3.8) is 0 Å². The molecule has 3 aliphatic rings. The Labute approximate surface area is 248 Å². The maximum absolute atomic E-state index is 14.8. The molecule has 42 heavy (non-hydrogen) atoms. The number of hydrogen-bond donors (Lipinski definition) is 1. The van der Waals surface area contributed by atoms with Crippen LogP contribution in [0.5, 0.6) is 0 Å². The fraction of sp³-hybridized carbons (Fsp3) is 0.371. The SMILES string of the molecule is CN(C)c1ccc(C(C(=O)NC2CCCCC2)N2C(=O)/C(=C(/c3ccccc3)N3CCOCC3)c3ccccc32)cc1. The Morgan fingerprint density at radius 1 is 0.881 bits per heavy atom. The molecule has 218 valence electrons.